The average molecular weight is 355 g/mol. The Labute approximate surface area is 158 Å². The maximum absolute atomic E-state index is 4.68. The van der Waals surface area contributed by atoms with Gasteiger partial charge in [-0.05, 0) is 54.7 Å². The van der Waals surface area contributed by atoms with Crippen LogP contribution in [0.5, 0.6) is 0 Å². The lowest BCUT2D eigenvalue weighted by atomic mass is 10.0. The average Bonchev–Trinajstić information content (AvgIpc) is 3.46. The third-order valence-electron chi connectivity index (χ3n) is 4.98. The lowest BCUT2D eigenvalue weighted by Gasteiger charge is -2.09. The van der Waals surface area contributed by atoms with Gasteiger partial charge in [0.05, 0.1) is 0 Å². The van der Waals surface area contributed by atoms with E-state index < -0.39 is 0 Å². The number of benzene rings is 2. The Morgan fingerprint density at radius 3 is 2.59 bits per heavy atom. The van der Waals surface area contributed by atoms with Crippen LogP contribution in [0.1, 0.15) is 35.7 Å². The molecular weight excluding hydrogens is 334 g/mol. The summed E-state index contributed by atoms with van der Waals surface area (Å²) in [6, 6.07) is 21.2. The van der Waals surface area contributed by atoms with Crippen molar-refractivity contribution in [3.05, 3.63) is 77.6 Å². The van der Waals surface area contributed by atoms with Crippen LogP contribution in [0, 0.1) is 6.92 Å². The van der Waals surface area contributed by atoms with Crippen LogP contribution in [-0.2, 0) is 6.54 Å². The number of nitrogens with one attached hydrogen (secondary N) is 1. The summed E-state index contributed by atoms with van der Waals surface area (Å²) < 4.78 is 1.88. The predicted molar refractivity (Wildman–Crippen MR) is 107 cm³/mol. The number of rotatable bonds is 5. The third kappa shape index (κ3) is 3.28. The molecule has 0 radical (unpaired) electrons. The van der Waals surface area contributed by atoms with Crippen LogP contribution < -0.4 is 5.32 Å². The normalized spacial score (nSPS) is 13.8. The molecule has 0 saturated heterocycles. The van der Waals surface area contributed by atoms with Crippen molar-refractivity contribution in [3.8, 4) is 11.1 Å². The maximum atomic E-state index is 4.68. The highest BCUT2D eigenvalue weighted by molar-refractivity contribution is 5.65. The zero-order valence-electron chi connectivity index (χ0n) is 15.3. The SMILES string of the molecule is Cc1cccc(-c2cccc(CNc3ccc4nnc(C5CC5)n4n3)c2)c1. The predicted octanol–water partition coefficient (Wildman–Crippen LogP) is 4.59. The third-order valence-corrected chi connectivity index (χ3v) is 4.98. The molecule has 27 heavy (non-hydrogen) atoms. The summed E-state index contributed by atoms with van der Waals surface area (Å²) >= 11 is 0. The molecule has 2 aromatic heterocycles. The highest BCUT2D eigenvalue weighted by Crippen LogP contribution is 2.38. The van der Waals surface area contributed by atoms with E-state index in [-0.39, 0.29) is 0 Å². The number of anilines is 1. The molecule has 2 aromatic carbocycles. The first-order valence-corrected chi connectivity index (χ1v) is 9.38. The van der Waals surface area contributed by atoms with E-state index in [1.165, 1.54) is 35.1 Å². The lowest BCUT2D eigenvalue weighted by molar-refractivity contribution is 0.814. The number of nitrogens with zero attached hydrogens (tertiary/aromatic N) is 4. The lowest BCUT2D eigenvalue weighted by Crippen LogP contribution is -2.05. The molecule has 0 aliphatic heterocycles. The largest absolute Gasteiger partial charge is 0.365 e. The van der Waals surface area contributed by atoms with Crippen LogP contribution in [0.15, 0.2) is 60.7 Å². The molecule has 1 aliphatic rings. The molecule has 5 rings (SSSR count). The van der Waals surface area contributed by atoms with Crippen LogP contribution in [0.25, 0.3) is 16.8 Å². The molecule has 0 atom stereocenters. The van der Waals surface area contributed by atoms with Gasteiger partial charge in [0.1, 0.15) is 5.82 Å². The molecule has 2 heterocycles. The molecule has 1 fully saturated rings. The van der Waals surface area contributed by atoms with Crippen LogP contribution in [0.3, 0.4) is 0 Å². The standard InChI is InChI=1S/C22H21N5/c1-15-4-2-6-18(12-15)19-7-3-5-16(13-19)14-23-20-10-11-21-24-25-22(17-8-9-17)27(21)26-20/h2-7,10-13,17H,8-9,14H2,1H3,(H,23,26). The van der Waals surface area contributed by atoms with Gasteiger partial charge in [-0.15, -0.1) is 15.3 Å². The number of aromatic nitrogens is 4. The molecular formula is C22H21N5. The summed E-state index contributed by atoms with van der Waals surface area (Å²) in [6.45, 7) is 2.84. The van der Waals surface area contributed by atoms with Crippen LogP contribution in [0.4, 0.5) is 5.82 Å². The van der Waals surface area contributed by atoms with E-state index in [0.29, 0.717) is 5.92 Å². The minimum atomic E-state index is 0.522. The fourth-order valence-electron chi connectivity index (χ4n) is 3.37. The van der Waals surface area contributed by atoms with E-state index in [0.717, 1.165) is 23.8 Å². The Balaban J connectivity index is 1.36. The highest BCUT2D eigenvalue weighted by Gasteiger charge is 2.29. The van der Waals surface area contributed by atoms with Gasteiger partial charge in [0.25, 0.3) is 0 Å². The summed E-state index contributed by atoms with van der Waals surface area (Å²) in [5.41, 5.74) is 5.78. The van der Waals surface area contributed by atoms with Crippen molar-refractivity contribution >= 4 is 11.5 Å². The summed E-state index contributed by atoms with van der Waals surface area (Å²) in [6.07, 6.45) is 2.37. The van der Waals surface area contributed by atoms with E-state index in [1.54, 1.807) is 0 Å². The van der Waals surface area contributed by atoms with E-state index >= 15 is 0 Å². The maximum Gasteiger partial charge on any atom is 0.178 e. The van der Waals surface area contributed by atoms with Gasteiger partial charge in [0.2, 0.25) is 0 Å². The van der Waals surface area contributed by atoms with Crippen molar-refractivity contribution in [2.45, 2.75) is 32.2 Å². The summed E-state index contributed by atoms with van der Waals surface area (Å²) in [4.78, 5) is 0. The van der Waals surface area contributed by atoms with Crippen molar-refractivity contribution in [1.82, 2.24) is 19.8 Å². The van der Waals surface area contributed by atoms with Gasteiger partial charge in [-0.1, -0.05) is 48.0 Å². The minimum absolute atomic E-state index is 0.522. The Kier molecular flexibility index (Phi) is 3.85. The topological polar surface area (TPSA) is 55.1 Å². The molecule has 0 spiro atoms. The molecule has 0 bridgehead atoms. The van der Waals surface area contributed by atoms with Crippen LogP contribution >= 0.6 is 0 Å². The molecule has 0 unspecified atom stereocenters. The van der Waals surface area contributed by atoms with Crippen molar-refractivity contribution < 1.29 is 0 Å². The van der Waals surface area contributed by atoms with Gasteiger partial charge < -0.3 is 5.32 Å². The van der Waals surface area contributed by atoms with Crippen molar-refractivity contribution in [3.63, 3.8) is 0 Å². The second kappa shape index (κ2) is 6.50. The minimum Gasteiger partial charge on any atom is -0.365 e. The molecule has 4 aromatic rings. The Hall–Kier alpha value is -3.21. The molecule has 1 saturated carbocycles. The van der Waals surface area contributed by atoms with Gasteiger partial charge in [-0.3, -0.25) is 0 Å². The molecule has 134 valence electrons. The van der Waals surface area contributed by atoms with Crippen molar-refractivity contribution in [2.75, 3.05) is 5.32 Å². The number of aryl methyl sites for hydroxylation is 1. The quantitative estimate of drug-likeness (QED) is 0.569. The van der Waals surface area contributed by atoms with Gasteiger partial charge in [-0.2, -0.15) is 4.52 Å². The summed E-state index contributed by atoms with van der Waals surface area (Å²) in [7, 11) is 0. The molecule has 0 amide bonds. The van der Waals surface area contributed by atoms with E-state index in [4.69, 9.17) is 0 Å². The Morgan fingerprint density at radius 1 is 0.963 bits per heavy atom. The zero-order chi connectivity index (χ0) is 18.2. The number of hydrogen-bond donors (Lipinski definition) is 1. The molecule has 1 aliphatic carbocycles. The fraction of sp³-hybridized carbons (Fsp3) is 0.227. The van der Waals surface area contributed by atoms with Gasteiger partial charge >= 0.3 is 0 Å². The second-order valence-electron chi connectivity index (χ2n) is 7.24. The Morgan fingerprint density at radius 2 is 1.78 bits per heavy atom. The van der Waals surface area contributed by atoms with E-state index in [1.807, 2.05) is 16.6 Å². The molecule has 5 nitrogen and oxygen atoms in total. The highest BCUT2D eigenvalue weighted by atomic mass is 15.4. The van der Waals surface area contributed by atoms with E-state index in [9.17, 15) is 0 Å². The monoisotopic (exact) mass is 355 g/mol. The van der Waals surface area contributed by atoms with Crippen LogP contribution in [-0.4, -0.2) is 19.8 Å². The van der Waals surface area contributed by atoms with Crippen LogP contribution in [0.2, 0.25) is 0 Å². The molecule has 5 heteroatoms. The number of hydrogen-bond acceptors (Lipinski definition) is 4. The first kappa shape index (κ1) is 16.0. The number of fused-ring (bicyclic) bond motifs is 1. The van der Waals surface area contributed by atoms with Gasteiger partial charge in [0, 0.05) is 12.5 Å². The summed E-state index contributed by atoms with van der Waals surface area (Å²) in [5, 5.41) is 16.6. The van der Waals surface area contributed by atoms with Crippen molar-refractivity contribution in [1.29, 1.82) is 0 Å². The van der Waals surface area contributed by atoms with E-state index in [2.05, 4.69) is 76.1 Å². The first-order chi connectivity index (χ1) is 13.3. The first-order valence-electron chi connectivity index (χ1n) is 9.38. The smallest absolute Gasteiger partial charge is 0.178 e. The fourth-order valence-corrected chi connectivity index (χ4v) is 3.37. The van der Waals surface area contributed by atoms with Crippen molar-refractivity contribution in [2.24, 2.45) is 0 Å². The second-order valence-corrected chi connectivity index (χ2v) is 7.24. The zero-order valence-corrected chi connectivity index (χ0v) is 15.3. The van der Waals surface area contributed by atoms with Gasteiger partial charge in [-0.25, -0.2) is 0 Å². The van der Waals surface area contributed by atoms with Gasteiger partial charge in [0.15, 0.2) is 11.5 Å². The molecule has 1 N–H and O–H groups in total. The Bertz CT molecular complexity index is 1110. The summed E-state index contributed by atoms with van der Waals surface area (Å²) in [5.74, 6) is 2.34.